The highest BCUT2D eigenvalue weighted by Gasteiger charge is 2.27. The summed E-state index contributed by atoms with van der Waals surface area (Å²) >= 11 is 0. The molecule has 5 N–H and O–H groups in total. The van der Waals surface area contributed by atoms with E-state index in [0.717, 1.165) is 0 Å². The number of aliphatic carboxylic acids is 2. The number of amides is 1. The molecule has 0 radical (unpaired) electrons. The second-order valence-corrected chi connectivity index (χ2v) is 3.20. The molecule has 0 saturated carbocycles. The van der Waals surface area contributed by atoms with Crippen molar-refractivity contribution in [1.82, 2.24) is 5.32 Å². The van der Waals surface area contributed by atoms with Crippen LogP contribution in [-0.4, -0.2) is 34.1 Å². The van der Waals surface area contributed by atoms with Crippen LogP contribution in [0.4, 0.5) is 5.69 Å². The average Bonchev–Trinajstić information content (AvgIpc) is 2.25. The first-order chi connectivity index (χ1) is 7.91. The monoisotopic (exact) mass is 238 g/mol. The Morgan fingerprint density at radius 1 is 1.06 bits per heavy atom. The molecular formula is C10H10N2O5. The molecule has 0 spiro atoms. The summed E-state index contributed by atoms with van der Waals surface area (Å²) in [6, 6.07) is 3.66. The van der Waals surface area contributed by atoms with E-state index in [1.165, 1.54) is 24.3 Å². The molecule has 17 heavy (non-hydrogen) atoms. The van der Waals surface area contributed by atoms with Crippen molar-refractivity contribution in [3.8, 4) is 0 Å². The first kappa shape index (κ1) is 12.5. The van der Waals surface area contributed by atoms with E-state index in [1.807, 2.05) is 5.32 Å². The summed E-state index contributed by atoms with van der Waals surface area (Å²) < 4.78 is 0. The summed E-state index contributed by atoms with van der Waals surface area (Å²) in [5.74, 6) is -4.07. The summed E-state index contributed by atoms with van der Waals surface area (Å²) in [6.45, 7) is 0. The summed E-state index contributed by atoms with van der Waals surface area (Å²) in [5.41, 5.74) is 5.98. The van der Waals surface area contributed by atoms with E-state index < -0.39 is 23.9 Å². The number of benzene rings is 1. The topological polar surface area (TPSA) is 130 Å². The second kappa shape index (κ2) is 4.97. The van der Waals surface area contributed by atoms with Gasteiger partial charge >= 0.3 is 11.9 Å². The number of carbonyl (C=O) groups excluding carboxylic acids is 1. The van der Waals surface area contributed by atoms with Crippen LogP contribution in [0.3, 0.4) is 0 Å². The van der Waals surface area contributed by atoms with Gasteiger partial charge in [-0.25, -0.2) is 9.59 Å². The standard InChI is InChI=1S/C10H10N2O5/c11-6-3-1-5(2-4-6)8(13)12-7(9(14)15)10(16)17/h1-4,7H,11H2,(H,12,13)(H,14,15)(H,16,17). The molecule has 7 heteroatoms. The Morgan fingerprint density at radius 3 is 1.94 bits per heavy atom. The highest BCUT2D eigenvalue weighted by Crippen LogP contribution is 2.05. The predicted octanol–water partition coefficient (Wildman–Crippen LogP) is -0.464. The normalized spacial score (nSPS) is 9.94. The molecule has 0 unspecified atom stereocenters. The molecule has 0 aliphatic carbocycles. The number of nitrogen functional groups attached to an aromatic ring is 1. The molecule has 1 aromatic carbocycles. The zero-order valence-corrected chi connectivity index (χ0v) is 8.58. The summed E-state index contributed by atoms with van der Waals surface area (Å²) in [7, 11) is 0. The minimum Gasteiger partial charge on any atom is -0.479 e. The quantitative estimate of drug-likeness (QED) is 0.414. The summed E-state index contributed by atoms with van der Waals surface area (Å²) in [6.07, 6.45) is 0. The van der Waals surface area contributed by atoms with E-state index >= 15 is 0 Å². The van der Waals surface area contributed by atoms with Gasteiger partial charge in [0.2, 0.25) is 6.04 Å². The lowest BCUT2D eigenvalue weighted by Crippen LogP contribution is -2.46. The molecule has 0 aromatic heterocycles. The lowest BCUT2D eigenvalue weighted by atomic mass is 10.2. The molecule has 0 atom stereocenters. The van der Waals surface area contributed by atoms with Crippen molar-refractivity contribution in [2.75, 3.05) is 5.73 Å². The third kappa shape index (κ3) is 3.20. The summed E-state index contributed by atoms with van der Waals surface area (Å²) in [5, 5.41) is 19.0. The third-order valence-electron chi connectivity index (χ3n) is 1.94. The lowest BCUT2D eigenvalue weighted by molar-refractivity contribution is -0.150. The number of carboxylic acid groups (broad SMARTS) is 2. The maximum Gasteiger partial charge on any atom is 0.338 e. The Morgan fingerprint density at radius 2 is 1.53 bits per heavy atom. The van der Waals surface area contributed by atoms with Gasteiger partial charge in [0.25, 0.3) is 5.91 Å². The number of nitrogens with two attached hydrogens (primary N) is 1. The van der Waals surface area contributed by atoms with Gasteiger partial charge in [-0.2, -0.15) is 0 Å². The molecule has 0 bridgehead atoms. The fourth-order valence-corrected chi connectivity index (χ4v) is 1.08. The summed E-state index contributed by atoms with van der Waals surface area (Å²) in [4.78, 5) is 32.6. The first-order valence-electron chi connectivity index (χ1n) is 4.54. The Labute approximate surface area is 95.9 Å². The number of hydrogen-bond donors (Lipinski definition) is 4. The number of anilines is 1. The van der Waals surface area contributed by atoms with Gasteiger partial charge < -0.3 is 21.3 Å². The molecule has 90 valence electrons. The van der Waals surface area contributed by atoms with Crippen molar-refractivity contribution < 1.29 is 24.6 Å². The minimum absolute atomic E-state index is 0.131. The van der Waals surface area contributed by atoms with Crippen LogP contribution >= 0.6 is 0 Å². The van der Waals surface area contributed by atoms with Crippen LogP contribution in [0.2, 0.25) is 0 Å². The van der Waals surface area contributed by atoms with Crippen LogP contribution in [-0.2, 0) is 9.59 Å². The van der Waals surface area contributed by atoms with E-state index in [-0.39, 0.29) is 5.56 Å². The molecule has 1 aromatic rings. The molecule has 0 aliphatic rings. The van der Waals surface area contributed by atoms with Crippen LogP contribution in [0.25, 0.3) is 0 Å². The molecule has 7 nitrogen and oxygen atoms in total. The van der Waals surface area contributed by atoms with Crippen LogP contribution < -0.4 is 11.1 Å². The lowest BCUT2D eigenvalue weighted by Gasteiger charge is -2.09. The van der Waals surface area contributed by atoms with Gasteiger partial charge in [0.05, 0.1) is 0 Å². The molecule has 1 rings (SSSR count). The number of rotatable bonds is 4. The maximum absolute atomic E-state index is 11.5. The SMILES string of the molecule is Nc1ccc(C(=O)NC(C(=O)O)C(=O)O)cc1. The Hall–Kier alpha value is -2.57. The molecule has 0 aliphatic heterocycles. The average molecular weight is 238 g/mol. The van der Waals surface area contributed by atoms with E-state index in [4.69, 9.17) is 15.9 Å². The second-order valence-electron chi connectivity index (χ2n) is 3.20. The first-order valence-corrected chi connectivity index (χ1v) is 4.54. The van der Waals surface area contributed by atoms with Crippen molar-refractivity contribution in [3.05, 3.63) is 29.8 Å². The van der Waals surface area contributed by atoms with Gasteiger partial charge in [0.1, 0.15) is 0 Å². The number of nitrogens with one attached hydrogen (secondary N) is 1. The zero-order chi connectivity index (χ0) is 13.0. The van der Waals surface area contributed by atoms with Crippen LogP contribution in [0.5, 0.6) is 0 Å². The fourth-order valence-electron chi connectivity index (χ4n) is 1.08. The van der Waals surface area contributed by atoms with Crippen molar-refractivity contribution >= 4 is 23.5 Å². The minimum atomic E-state index is -1.97. The number of carboxylic acids is 2. The Balaban J connectivity index is 2.81. The van der Waals surface area contributed by atoms with E-state index in [0.29, 0.717) is 5.69 Å². The largest absolute Gasteiger partial charge is 0.479 e. The van der Waals surface area contributed by atoms with Gasteiger partial charge in [-0.05, 0) is 24.3 Å². The van der Waals surface area contributed by atoms with Crippen LogP contribution in [0, 0.1) is 0 Å². The van der Waals surface area contributed by atoms with Gasteiger partial charge in [-0.15, -0.1) is 0 Å². The van der Waals surface area contributed by atoms with Crippen molar-refractivity contribution in [3.63, 3.8) is 0 Å². The fraction of sp³-hybridized carbons (Fsp3) is 0.100. The van der Waals surface area contributed by atoms with E-state index in [1.54, 1.807) is 0 Å². The zero-order valence-electron chi connectivity index (χ0n) is 8.58. The van der Waals surface area contributed by atoms with Gasteiger partial charge in [-0.1, -0.05) is 0 Å². The van der Waals surface area contributed by atoms with Gasteiger partial charge in [-0.3, -0.25) is 4.79 Å². The molecule has 1 amide bonds. The van der Waals surface area contributed by atoms with E-state index in [2.05, 4.69) is 0 Å². The Kier molecular flexibility index (Phi) is 3.66. The van der Waals surface area contributed by atoms with Gasteiger partial charge in [0.15, 0.2) is 0 Å². The van der Waals surface area contributed by atoms with Gasteiger partial charge in [0, 0.05) is 11.3 Å². The van der Waals surface area contributed by atoms with Crippen molar-refractivity contribution in [2.24, 2.45) is 0 Å². The van der Waals surface area contributed by atoms with Crippen molar-refractivity contribution in [2.45, 2.75) is 6.04 Å². The highest BCUT2D eigenvalue weighted by atomic mass is 16.4. The van der Waals surface area contributed by atoms with Crippen LogP contribution in [0.1, 0.15) is 10.4 Å². The molecule has 0 saturated heterocycles. The smallest absolute Gasteiger partial charge is 0.338 e. The van der Waals surface area contributed by atoms with Crippen molar-refractivity contribution in [1.29, 1.82) is 0 Å². The molecular weight excluding hydrogens is 228 g/mol. The van der Waals surface area contributed by atoms with E-state index in [9.17, 15) is 14.4 Å². The third-order valence-corrected chi connectivity index (χ3v) is 1.94. The highest BCUT2D eigenvalue weighted by molar-refractivity contribution is 6.04. The molecule has 0 fully saturated rings. The number of hydrogen-bond acceptors (Lipinski definition) is 4. The van der Waals surface area contributed by atoms with Crippen LogP contribution in [0.15, 0.2) is 24.3 Å². The predicted molar refractivity (Wildman–Crippen MR) is 57.4 cm³/mol. The maximum atomic E-state index is 11.5. The Bertz CT molecular complexity index is 440. The molecule has 0 heterocycles. The number of carbonyl (C=O) groups is 3.